The third-order valence-corrected chi connectivity index (χ3v) is 11.6. The third kappa shape index (κ3) is 9.47. The van der Waals surface area contributed by atoms with E-state index in [-0.39, 0.29) is 0 Å². The molecule has 0 amide bonds. The highest BCUT2D eigenvalue weighted by Crippen LogP contribution is 2.43. The molecule has 3 saturated carbocycles. The quantitative estimate of drug-likeness (QED) is 0.208. The average molecular weight is 531 g/mol. The van der Waals surface area contributed by atoms with Gasteiger partial charge in [-0.05, 0) is 87.5 Å². The molecule has 4 fully saturated rings. The van der Waals surface area contributed by atoms with E-state index in [1.54, 1.807) is 0 Å². The van der Waals surface area contributed by atoms with Gasteiger partial charge in [0.25, 0.3) is 0 Å². The van der Waals surface area contributed by atoms with Crippen LogP contribution in [0.15, 0.2) is 0 Å². The van der Waals surface area contributed by atoms with Crippen molar-refractivity contribution in [1.29, 1.82) is 0 Å². The second-order valence-corrected chi connectivity index (χ2v) is 14.6. The van der Waals surface area contributed by atoms with Gasteiger partial charge in [-0.15, -0.1) is 0 Å². The molecule has 1 heterocycles. The fourth-order valence-corrected chi connectivity index (χ4v) is 9.25. The monoisotopic (exact) mass is 531 g/mol. The number of aliphatic hydroxyl groups is 1. The molecular formula is C35H66N2O. The first-order valence-electron chi connectivity index (χ1n) is 17.8. The Morgan fingerprint density at radius 2 is 1.42 bits per heavy atom. The standard InChI is InChI=1S/C35H66N2O/c1-3-5-8-18-34(13-4-2)36-27-35(38,33-21-19-32(20-22-33)31-16-11-7-12-17-31)28-37-24-23-30(26-37)25-29-14-9-6-10-15-29/h29-34,36,38H,3-28H2,1-2H3. The summed E-state index contributed by atoms with van der Waals surface area (Å²) in [5, 5.41) is 16.5. The molecule has 3 nitrogen and oxygen atoms in total. The molecule has 0 aromatic rings. The number of hydrogen-bond acceptors (Lipinski definition) is 3. The summed E-state index contributed by atoms with van der Waals surface area (Å²) in [4.78, 5) is 2.69. The van der Waals surface area contributed by atoms with E-state index in [0.717, 1.165) is 36.8 Å². The first-order valence-corrected chi connectivity index (χ1v) is 17.8. The SMILES string of the molecule is CCCCCC(CCC)NCC(O)(CN1CCC(CC2CCCCC2)C1)C1CCC(C2CCCCC2)CC1. The third-order valence-electron chi connectivity index (χ3n) is 11.6. The van der Waals surface area contributed by atoms with Crippen LogP contribution in [0.5, 0.6) is 0 Å². The molecule has 1 saturated heterocycles. The van der Waals surface area contributed by atoms with Crippen LogP contribution >= 0.6 is 0 Å². The van der Waals surface area contributed by atoms with Gasteiger partial charge in [0.2, 0.25) is 0 Å². The summed E-state index contributed by atoms with van der Waals surface area (Å²) in [5.74, 6) is 4.27. The molecule has 2 N–H and O–H groups in total. The molecule has 3 atom stereocenters. The van der Waals surface area contributed by atoms with Crippen LogP contribution in [0.4, 0.5) is 0 Å². The number of rotatable bonds is 15. The van der Waals surface area contributed by atoms with Gasteiger partial charge in [0.15, 0.2) is 0 Å². The van der Waals surface area contributed by atoms with Crippen molar-refractivity contribution in [2.45, 2.75) is 167 Å². The molecule has 3 heteroatoms. The number of nitrogens with one attached hydrogen (secondary N) is 1. The van der Waals surface area contributed by atoms with Crippen LogP contribution in [0.3, 0.4) is 0 Å². The van der Waals surface area contributed by atoms with Crippen LogP contribution in [-0.2, 0) is 0 Å². The summed E-state index contributed by atoms with van der Waals surface area (Å²) in [7, 11) is 0. The summed E-state index contributed by atoms with van der Waals surface area (Å²) in [6.45, 7) is 8.81. The number of hydrogen-bond donors (Lipinski definition) is 2. The van der Waals surface area contributed by atoms with Crippen molar-refractivity contribution in [2.24, 2.45) is 29.6 Å². The van der Waals surface area contributed by atoms with Gasteiger partial charge in [-0.2, -0.15) is 0 Å². The first-order chi connectivity index (χ1) is 18.6. The molecule has 0 radical (unpaired) electrons. The number of unbranched alkanes of at least 4 members (excludes halogenated alkanes) is 2. The van der Waals surface area contributed by atoms with Gasteiger partial charge >= 0.3 is 0 Å². The molecular weight excluding hydrogens is 464 g/mol. The Hall–Kier alpha value is -0.120. The van der Waals surface area contributed by atoms with Crippen molar-refractivity contribution < 1.29 is 5.11 Å². The Kier molecular flexibility index (Phi) is 13.3. The van der Waals surface area contributed by atoms with E-state index in [1.165, 1.54) is 154 Å². The van der Waals surface area contributed by atoms with Gasteiger partial charge in [-0.1, -0.05) is 104 Å². The zero-order valence-corrected chi connectivity index (χ0v) is 25.7. The van der Waals surface area contributed by atoms with Crippen molar-refractivity contribution in [3.63, 3.8) is 0 Å². The maximum absolute atomic E-state index is 12.5. The van der Waals surface area contributed by atoms with E-state index in [9.17, 15) is 5.11 Å². The van der Waals surface area contributed by atoms with E-state index in [2.05, 4.69) is 24.1 Å². The molecule has 0 aromatic carbocycles. The topological polar surface area (TPSA) is 35.5 Å². The lowest BCUT2D eigenvalue weighted by atomic mass is 9.67. The Morgan fingerprint density at radius 3 is 2.11 bits per heavy atom. The molecule has 0 aromatic heterocycles. The molecule has 0 bridgehead atoms. The maximum Gasteiger partial charge on any atom is 0.0925 e. The molecule has 4 rings (SSSR count). The minimum absolute atomic E-state index is 0.477. The van der Waals surface area contributed by atoms with E-state index < -0.39 is 5.60 Å². The highest BCUT2D eigenvalue weighted by atomic mass is 16.3. The van der Waals surface area contributed by atoms with Crippen LogP contribution in [0, 0.1) is 29.6 Å². The fraction of sp³-hybridized carbons (Fsp3) is 1.00. The highest BCUT2D eigenvalue weighted by Gasteiger charge is 2.42. The van der Waals surface area contributed by atoms with Gasteiger partial charge in [0.1, 0.15) is 0 Å². The zero-order valence-electron chi connectivity index (χ0n) is 25.7. The van der Waals surface area contributed by atoms with Crippen molar-refractivity contribution in [2.75, 3.05) is 26.2 Å². The summed E-state index contributed by atoms with van der Waals surface area (Å²) < 4.78 is 0. The van der Waals surface area contributed by atoms with Crippen molar-refractivity contribution in [3.8, 4) is 0 Å². The Morgan fingerprint density at radius 1 is 0.737 bits per heavy atom. The van der Waals surface area contributed by atoms with Gasteiger partial charge < -0.3 is 15.3 Å². The Bertz CT molecular complexity index is 619. The van der Waals surface area contributed by atoms with E-state index in [1.807, 2.05) is 0 Å². The van der Waals surface area contributed by atoms with Crippen LogP contribution < -0.4 is 5.32 Å². The van der Waals surface area contributed by atoms with Crippen molar-refractivity contribution >= 4 is 0 Å². The van der Waals surface area contributed by atoms with E-state index in [4.69, 9.17) is 0 Å². The van der Waals surface area contributed by atoms with E-state index >= 15 is 0 Å². The summed E-state index contributed by atoms with van der Waals surface area (Å²) in [5.41, 5.74) is -0.561. The lowest BCUT2D eigenvalue weighted by Gasteiger charge is -2.45. The predicted octanol–water partition coefficient (Wildman–Crippen LogP) is 8.74. The number of likely N-dealkylation sites (tertiary alicyclic amines) is 1. The van der Waals surface area contributed by atoms with Gasteiger partial charge in [0, 0.05) is 25.7 Å². The molecule has 4 aliphatic rings. The van der Waals surface area contributed by atoms with Crippen molar-refractivity contribution in [3.05, 3.63) is 0 Å². The number of nitrogens with zero attached hydrogens (tertiary/aromatic N) is 1. The summed E-state index contributed by atoms with van der Waals surface area (Å²) >= 11 is 0. The van der Waals surface area contributed by atoms with Crippen LogP contribution in [-0.4, -0.2) is 47.8 Å². The molecule has 222 valence electrons. The zero-order chi connectivity index (χ0) is 26.6. The average Bonchev–Trinajstić information content (AvgIpc) is 3.39. The minimum atomic E-state index is -0.561. The van der Waals surface area contributed by atoms with Crippen LogP contribution in [0.25, 0.3) is 0 Å². The van der Waals surface area contributed by atoms with E-state index in [0.29, 0.717) is 12.0 Å². The second-order valence-electron chi connectivity index (χ2n) is 14.6. The second kappa shape index (κ2) is 16.4. The largest absolute Gasteiger partial charge is 0.387 e. The van der Waals surface area contributed by atoms with Crippen LogP contribution in [0.1, 0.15) is 155 Å². The maximum atomic E-state index is 12.5. The summed E-state index contributed by atoms with van der Waals surface area (Å²) in [6.07, 6.45) is 30.5. The summed E-state index contributed by atoms with van der Waals surface area (Å²) in [6, 6.07) is 0.578. The molecule has 3 unspecified atom stereocenters. The van der Waals surface area contributed by atoms with Gasteiger partial charge in [0.05, 0.1) is 5.60 Å². The smallest absolute Gasteiger partial charge is 0.0925 e. The first kappa shape index (κ1) is 30.8. The molecule has 0 spiro atoms. The lowest BCUT2D eigenvalue weighted by molar-refractivity contribution is -0.0625. The molecule has 38 heavy (non-hydrogen) atoms. The Balaban J connectivity index is 1.34. The fourth-order valence-electron chi connectivity index (χ4n) is 9.25. The van der Waals surface area contributed by atoms with Crippen LogP contribution in [0.2, 0.25) is 0 Å². The predicted molar refractivity (Wildman–Crippen MR) is 164 cm³/mol. The van der Waals surface area contributed by atoms with Crippen molar-refractivity contribution in [1.82, 2.24) is 10.2 Å². The molecule has 3 aliphatic carbocycles. The normalized spacial score (nSPS) is 30.9. The minimum Gasteiger partial charge on any atom is -0.387 e. The highest BCUT2D eigenvalue weighted by molar-refractivity contribution is 4.97. The number of β-amino-alcohol motifs (C(OH)–C–C–N with tert-alkyl or cyclic N) is 1. The lowest BCUT2D eigenvalue weighted by Crippen LogP contribution is -2.56. The van der Waals surface area contributed by atoms with Gasteiger partial charge in [-0.3, -0.25) is 0 Å². The Labute approximate surface area is 237 Å². The van der Waals surface area contributed by atoms with Gasteiger partial charge in [-0.25, -0.2) is 0 Å². The molecule has 1 aliphatic heterocycles.